The molecule has 100 valence electrons. The van der Waals surface area contributed by atoms with Crippen LogP contribution in [0.25, 0.3) is 11.1 Å². The van der Waals surface area contributed by atoms with Crippen LogP contribution in [0, 0.1) is 6.92 Å². The molecule has 2 rings (SSSR count). The van der Waals surface area contributed by atoms with Crippen molar-refractivity contribution in [1.82, 2.24) is 10.3 Å². The summed E-state index contributed by atoms with van der Waals surface area (Å²) in [6.07, 6.45) is 0.596. The van der Waals surface area contributed by atoms with Gasteiger partial charge in [-0.15, -0.1) is 0 Å². The predicted octanol–water partition coefficient (Wildman–Crippen LogP) is 0.968. The lowest BCUT2D eigenvalue weighted by atomic mass is 10.1. The second kappa shape index (κ2) is 5.51. The third-order valence-electron chi connectivity index (χ3n) is 2.63. The Kier molecular flexibility index (Phi) is 3.79. The molecule has 0 fully saturated rings. The highest BCUT2D eigenvalue weighted by Crippen LogP contribution is 2.16. The van der Waals surface area contributed by atoms with E-state index >= 15 is 0 Å². The summed E-state index contributed by atoms with van der Waals surface area (Å²) in [5.74, 6) is -1.01. The fourth-order valence-electron chi connectivity index (χ4n) is 1.72. The van der Waals surface area contributed by atoms with Crippen LogP contribution in [0.4, 0.5) is 0 Å². The number of carbonyl (C=O) groups is 2. The van der Waals surface area contributed by atoms with Gasteiger partial charge in [0.1, 0.15) is 5.52 Å². The molecule has 0 spiro atoms. The maximum Gasteiger partial charge on any atom is 0.396 e. The summed E-state index contributed by atoms with van der Waals surface area (Å²) in [7, 11) is 1.17. The Balaban J connectivity index is 1.94. The summed E-state index contributed by atoms with van der Waals surface area (Å²) < 4.78 is 9.72. The Hall–Kier alpha value is -2.37. The number of fused-ring (bicyclic) bond motifs is 1. The van der Waals surface area contributed by atoms with Gasteiger partial charge in [0, 0.05) is 13.5 Å². The van der Waals surface area contributed by atoms with Crippen molar-refractivity contribution in [1.29, 1.82) is 0 Å². The Morgan fingerprint density at radius 2 is 2.21 bits per heavy atom. The van der Waals surface area contributed by atoms with Gasteiger partial charge < -0.3 is 14.5 Å². The zero-order valence-electron chi connectivity index (χ0n) is 10.7. The fraction of sp³-hybridized carbons (Fsp3) is 0.308. The van der Waals surface area contributed by atoms with E-state index in [0.29, 0.717) is 24.4 Å². The average Bonchev–Trinajstić information content (AvgIpc) is 2.77. The van der Waals surface area contributed by atoms with E-state index in [1.807, 2.05) is 18.2 Å². The zero-order valence-corrected chi connectivity index (χ0v) is 10.7. The van der Waals surface area contributed by atoms with E-state index in [9.17, 15) is 9.59 Å². The molecule has 0 saturated carbocycles. The van der Waals surface area contributed by atoms with Crippen molar-refractivity contribution >= 4 is 23.0 Å². The van der Waals surface area contributed by atoms with Crippen LogP contribution >= 0.6 is 0 Å². The topological polar surface area (TPSA) is 81.4 Å². The molecule has 0 bridgehead atoms. The number of rotatable bonds is 3. The molecule has 1 heterocycles. The number of hydrogen-bond acceptors (Lipinski definition) is 5. The number of carbonyl (C=O) groups excluding carboxylic acids is 2. The lowest BCUT2D eigenvalue weighted by Crippen LogP contribution is -2.33. The minimum atomic E-state index is -0.888. The van der Waals surface area contributed by atoms with Crippen LogP contribution in [0.3, 0.4) is 0 Å². The third kappa shape index (κ3) is 3.09. The van der Waals surface area contributed by atoms with Crippen LogP contribution in [0.1, 0.15) is 11.5 Å². The first-order chi connectivity index (χ1) is 9.10. The van der Waals surface area contributed by atoms with Crippen LogP contribution in [0.15, 0.2) is 22.6 Å². The van der Waals surface area contributed by atoms with Crippen LogP contribution < -0.4 is 5.32 Å². The van der Waals surface area contributed by atoms with E-state index in [-0.39, 0.29) is 0 Å². The molecular weight excluding hydrogens is 248 g/mol. The molecule has 1 amide bonds. The van der Waals surface area contributed by atoms with Crippen LogP contribution in [0.2, 0.25) is 0 Å². The van der Waals surface area contributed by atoms with Crippen molar-refractivity contribution < 1.29 is 18.7 Å². The molecule has 0 saturated heterocycles. The van der Waals surface area contributed by atoms with Crippen molar-refractivity contribution in [3.63, 3.8) is 0 Å². The molecule has 2 aromatic rings. The Morgan fingerprint density at radius 1 is 1.42 bits per heavy atom. The van der Waals surface area contributed by atoms with Crippen LogP contribution in [-0.2, 0) is 20.7 Å². The Morgan fingerprint density at radius 3 is 2.95 bits per heavy atom. The highest BCUT2D eigenvalue weighted by Gasteiger charge is 2.12. The van der Waals surface area contributed by atoms with Crippen molar-refractivity contribution in [2.45, 2.75) is 13.3 Å². The van der Waals surface area contributed by atoms with Gasteiger partial charge in [-0.3, -0.25) is 4.79 Å². The lowest BCUT2D eigenvalue weighted by molar-refractivity contribution is -0.152. The summed E-state index contributed by atoms with van der Waals surface area (Å²) >= 11 is 0. The van der Waals surface area contributed by atoms with E-state index in [2.05, 4.69) is 15.0 Å². The second-order valence-electron chi connectivity index (χ2n) is 4.03. The monoisotopic (exact) mass is 262 g/mol. The number of methoxy groups -OCH3 is 1. The number of aryl methyl sites for hydroxylation is 1. The van der Waals surface area contributed by atoms with E-state index in [1.165, 1.54) is 7.11 Å². The largest absolute Gasteiger partial charge is 0.462 e. The van der Waals surface area contributed by atoms with Crippen molar-refractivity contribution in [2.75, 3.05) is 13.7 Å². The number of nitrogens with zero attached hydrogens (tertiary/aromatic N) is 1. The van der Waals surface area contributed by atoms with E-state index in [4.69, 9.17) is 4.42 Å². The second-order valence-corrected chi connectivity index (χ2v) is 4.03. The molecule has 6 heteroatoms. The molecule has 19 heavy (non-hydrogen) atoms. The molecule has 6 nitrogen and oxygen atoms in total. The van der Waals surface area contributed by atoms with Gasteiger partial charge in [0.25, 0.3) is 0 Å². The van der Waals surface area contributed by atoms with Gasteiger partial charge in [-0.05, 0) is 24.1 Å². The number of benzene rings is 1. The van der Waals surface area contributed by atoms with Gasteiger partial charge >= 0.3 is 11.9 Å². The molecule has 0 aliphatic heterocycles. The highest BCUT2D eigenvalue weighted by molar-refractivity contribution is 6.32. The third-order valence-corrected chi connectivity index (χ3v) is 2.63. The lowest BCUT2D eigenvalue weighted by Gasteiger charge is -2.03. The van der Waals surface area contributed by atoms with Crippen molar-refractivity contribution in [3.8, 4) is 0 Å². The molecule has 0 aliphatic rings. The smallest absolute Gasteiger partial charge is 0.396 e. The van der Waals surface area contributed by atoms with Crippen molar-refractivity contribution in [2.24, 2.45) is 0 Å². The summed E-state index contributed by atoms with van der Waals surface area (Å²) in [6.45, 7) is 2.14. The quantitative estimate of drug-likeness (QED) is 0.658. The first-order valence-corrected chi connectivity index (χ1v) is 5.82. The number of oxazole rings is 1. The maximum atomic E-state index is 11.2. The number of esters is 1. The van der Waals surface area contributed by atoms with Crippen LogP contribution in [-0.4, -0.2) is 30.5 Å². The average molecular weight is 262 g/mol. The first kappa shape index (κ1) is 13.1. The number of ether oxygens (including phenoxy) is 1. The van der Waals surface area contributed by atoms with Gasteiger partial charge in [-0.1, -0.05) is 6.07 Å². The summed E-state index contributed by atoms with van der Waals surface area (Å²) in [6, 6.07) is 5.65. The SMILES string of the molecule is COC(=O)C(=O)NCCc1ccc2nc(C)oc2c1. The van der Waals surface area contributed by atoms with E-state index in [1.54, 1.807) is 6.92 Å². The molecule has 1 N–H and O–H groups in total. The molecule has 0 atom stereocenters. The fourth-order valence-corrected chi connectivity index (χ4v) is 1.72. The van der Waals surface area contributed by atoms with E-state index < -0.39 is 11.9 Å². The van der Waals surface area contributed by atoms with Gasteiger partial charge in [-0.2, -0.15) is 0 Å². The molecular formula is C13H14N2O4. The zero-order chi connectivity index (χ0) is 13.8. The van der Waals surface area contributed by atoms with Crippen LogP contribution in [0.5, 0.6) is 0 Å². The molecule has 0 radical (unpaired) electrons. The van der Waals surface area contributed by atoms with Gasteiger partial charge in [0.2, 0.25) is 0 Å². The number of aromatic nitrogens is 1. The van der Waals surface area contributed by atoms with Gasteiger partial charge in [0.05, 0.1) is 7.11 Å². The minimum absolute atomic E-state index is 0.354. The first-order valence-electron chi connectivity index (χ1n) is 5.82. The molecule has 0 unspecified atom stereocenters. The summed E-state index contributed by atoms with van der Waals surface area (Å²) in [4.78, 5) is 26.2. The Labute approximate surface area is 109 Å². The molecule has 0 aliphatic carbocycles. The number of hydrogen-bond donors (Lipinski definition) is 1. The standard InChI is InChI=1S/C13H14N2O4/c1-8-15-10-4-3-9(7-11(10)19-8)5-6-14-12(16)13(17)18-2/h3-4,7H,5-6H2,1-2H3,(H,14,16). The normalized spacial score (nSPS) is 10.4. The number of nitrogens with one attached hydrogen (secondary N) is 1. The highest BCUT2D eigenvalue weighted by atomic mass is 16.5. The number of amides is 1. The van der Waals surface area contributed by atoms with Gasteiger partial charge in [-0.25, -0.2) is 9.78 Å². The van der Waals surface area contributed by atoms with E-state index in [0.717, 1.165) is 11.1 Å². The Bertz CT molecular complexity index is 618. The van der Waals surface area contributed by atoms with Crippen molar-refractivity contribution in [3.05, 3.63) is 29.7 Å². The maximum absolute atomic E-state index is 11.2. The minimum Gasteiger partial charge on any atom is -0.462 e. The molecule has 1 aromatic heterocycles. The van der Waals surface area contributed by atoms with Gasteiger partial charge in [0.15, 0.2) is 11.5 Å². The summed E-state index contributed by atoms with van der Waals surface area (Å²) in [5.41, 5.74) is 2.52. The molecule has 1 aromatic carbocycles. The summed E-state index contributed by atoms with van der Waals surface area (Å²) in [5, 5.41) is 2.48. The predicted molar refractivity (Wildman–Crippen MR) is 67.5 cm³/mol.